The highest BCUT2D eigenvalue weighted by atomic mass is 16.5. The van der Waals surface area contributed by atoms with Crippen LogP contribution in [-0.4, -0.2) is 23.8 Å². The summed E-state index contributed by atoms with van der Waals surface area (Å²) in [5.41, 5.74) is -0.448. The van der Waals surface area contributed by atoms with Crippen LogP contribution in [0.1, 0.15) is 71.1 Å². The van der Waals surface area contributed by atoms with Crippen LogP contribution in [0.2, 0.25) is 0 Å². The number of carboxylic acid groups (broad SMARTS) is 1. The number of carbonyl (C=O) groups is 1. The Hall–Kier alpha value is -0.570. The summed E-state index contributed by atoms with van der Waals surface area (Å²) in [7, 11) is 0. The normalized spacial score (nSPS) is 35.4. The molecule has 1 atom stereocenters. The smallest absolute Gasteiger partial charge is 0.309 e. The number of aliphatic carboxylic acids is 1. The number of rotatable bonds is 6. The van der Waals surface area contributed by atoms with Crippen molar-refractivity contribution in [2.75, 3.05) is 6.61 Å². The summed E-state index contributed by atoms with van der Waals surface area (Å²) in [6, 6.07) is 0. The minimum absolute atomic E-state index is 0.324. The average Bonchev–Trinajstić information content (AvgIpc) is 2.91. The summed E-state index contributed by atoms with van der Waals surface area (Å²) in [6.45, 7) is 3.08. The maximum atomic E-state index is 11.7. The highest BCUT2D eigenvalue weighted by molar-refractivity contribution is 5.74. The first-order valence-electron chi connectivity index (χ1n) is 8.01. The molecule has 19 heavy (non-hydrogen) atoms. The van der Waals surface area contributed by atoms with Gasteiger partial charge in [0.05, 0.1) is 11.5 Å². The zero-order chi connectivity index (χ0) is 13.7. The van der Waals surface area contributed by atoms with Crippen molar-refractivity contribution in [1.29, 1.82) is 0 Å². The van der Waals surface area contributed by atoms with E-state index in [9.17, 15) is 9.90 Å². The van der Waals surface area contributed by atoms with Gasteiger partial charge >= 0.3 is 5.97 Å². The lowest BCUT2D eigenvalue weighted by Crippen LogP contribution is -2.36. The predicted molar refractivity (Wildman–Crippen MR) is 75.1 cm³/mol. The van der Waals surface area contributed by atoms with E-state index in [1.54, 1.807) is 0 Å². The van der Waals surface area contributed by atoms with Crippen molar-refractivity contribution < 1.29 is 14.6 Å². The lowest BCUT2D eigenvalue weighted by Gasteiger charge is -2.37. The van der Waals surface area contributed by atoms with Crippen LogP contribution in [-0.2, 0) is 9.53 Å². The van der Waals surface area contributed by atoms with Gasteiger partial charge in [0.15, 0.2) is 0 Å². The van der Waals surface area contributed by atoms with Crippen LogP contribution in [0, 0.1) is 11.3 Å². The fourth-order valence-electron chi connectivity index (χ4n) is 3.81. The van der Waals surface area contributed by atoms with Crippen molar-refractivity contribution >= 4 is 5.97 Å². The van der Waals surface area contributed by atoms with Crippen molar-refractivity contribution in [3.05, 3.63) is 0 Å². The van der Waals surface area contributed by atoms with Crippen molar-refractivity contribution in [2.45, 2.75) is 77.2 Å². The van der Waals surface area contributed by atoms with Crippen LogP contribution in [0.15, 0.2) is 0 Å². The molecule has 1 unspecified atom stereocenters. The first-order valence-corrected chi connectivity index (χ1v) is 8.01. The third-order valence-electron chi connectivity index (χ3n) is 5.18. The molecular weight excluding hydrogens is 240 g/mol. The van der Waals surface area contributed by atoms with E-state index in [0.717, 1.165) is 63.9 Å². The number of carboxylic acids is 1. The summed E-state index contributed by atoms with van der Waals surface area (Å²) in [5, 5.41) is 9.64. The predicted octanol–water partition coefficient (Wildman–Crippen LogP) is 4.01. The van der Waals surface area contributed by atoms with Gasteiger partial charge in [-0.25, -0.2) is 0 Å². The highest BCUT2D eigenvalue weighted by Crippen LogP contribution is 2.44. The third kappa shape index (κ3) is 3.71. The van der Waals surface area contributed by atoms with E-state index in [2.05, 4.69) is 6.92 Å². The zero-order valence-corrected chi connectivity index (χ0v) is 12.2. The molecule has 110 valence electrons. The Morgan fingerprint density at radius 2 is 2.00 bits per heavy atom. The Morgan fingerprint density at radius 1 is 1.26 bits per heavy atom. The van der Waals surface area contributed by atoms with E-state index < -0.39 is 11.4 Å². The second-order valence-corrected chi connectivity index (χ2v) is 6.49. The average molecular weight is 268 g/mol. The van der Waals surface area contributed by atoms with Gasteiger partial charge in [-0.2, -0.15) is 0 Å². The van der Waals surface area contributed by atoms with E-state index in [0.29, 0.717) is 6.10 Å². The summed E-state index contributed by atoms with van der Waals surface area (Å²) in [6.07, 6.45) is 10.8. The molecule has 0 spiro atoms. The summed E-state index contributed by atoms with van der Waals surface area (Å²) < 4.78 is 5.64. The first kappa shape index (κ1) is 14.8. The lowest BCUT2D eigenvalue weighted by molar-refractivity contribution is -0.152. The van der Waals surface area contributed by atoms with Crippen LogP contribution in [0.4, 0.5) is 0 Å². The van der Waals surface area contributed by atoms with E-state index in [1.165, 1.54) is 12.8 Å². The molecular formula is C16H28O3. The molecule has 0 aromatic rings. The molecule has 2 aliphatic rings. The van der Waals surface area contributed by atoms with Gasteiger partial charge in [0.2, 0.25) is 0 Å². The van der Waals surface area contributed by atoms with Gasteiger partial charge in [-0.1, -0.05) is 19.8 Å². The highest BCUT2D eigenvalue weighted by Gasteiger charge is 2.41. The fraction of sp³-hybridized carbons (Fsp3) is 0.938. The van der Waals surface area contributed by atoms with E-state index >= 15 is 0 Å². The monoisotopic (exact) mass is 268 g/mol. The molecule has 0 aromatic carbocycles. The van der Waals surface area contributed by atoms with Crippen LogP contribution in [0.25, 0.3) is 0 Å². The van der Waals surface area contributed by atoms with Gasteiger partial charge < -0.3 is 9.84 Å². The molecule has 0 aromatic heterocycles. The molecule has 2 rings (SSSR count). The number of hydrogen-bond donors (Lipinski definition) is 1. The molecule has 1 N–H and O–H groups in total. The summed E-state index contributed by atoms with van der Waals surface area (Å²) in [5.74, 6) is 0.195. The Kier molecular flexibility index (Phi) is 5.26. The maximum absolute atomic E-state index is 11.7. The molecule has 1 aliphatic heterocycles. The van der Waals surface area contributed by atoms with Crippen LogP contribution >= 0.6 is 0 Å². The molecule has 0 bridgehead atoms. The summed E-state index contributed by atoms with van der Waals surface area (Å²) in [4.78, 5) is 11.7. The molecule has 2 fully saturated rings. The SMILES string of the molecule is CCCC1CCC(CCC2CCCO2)(C(=O)O)CC1. The first-order chi connectivity index (χ1) is 9.16. The Labute approximate surface area is 116 Å². The minimum atomic E-state index is -0.569. The zero-order valence-electron chi connectivity index (χ0n) is 12.2. The van der Waals surface area contributed by atoms with Crippen LogP contribution in [0.5, 0.6) is 0 Å². The van der Waals surface area contributed by atoms with E-state index in [-0.39, 0.29) is 0 Å². The standard InChI is InChI=1S/C16H28O3/c1-2-4-13-6-9-16(10-7-13,15(17)18)11-8-14-5-3-12-19-14/h13-14H,2-12H2,1H3,(H,17,18). The van der Waals surface area contributed by atoms with E-state index in [1.807, 2.05) is 0 Å². The second-order valence-electron chi connectivity index (χ2n) is 6.49. The van der Waals surface area contributed by atoms with Gasteiger partial charge in [-0.3, -0.25) is 4.79 Å². The van der Waals surface area contributed by atoms with Gasteiger partial charge in [-0.05, 0) is 57.3 Å². The molecule has 1 heterocycles. The number of hydrogen-bond acceptors (Lipinski definition) is 2. The summed E-state index contributed by atoms with van der Waals surface area (Å²) >= 11 is 0. The largest absolute Gasteiger partial charge is 0.481 e. The Bertz CT molecular complexity index is 286. The molecule has 1 saturated heterocycles. The van der Waals surface area contributed by atoms with Gasteiger partial charge in [0, 0.05) is 6.61 Å². The van der Waals surface area contributed by atoms with Crippen LogP contribution < -0.4 is 0 Å². The van der Waals surface area contributed by atoms with Crippen molar-refractivity contribution in [1.82, 2.24) is 0 Å². The quantitative estimate of drug-likeness (QED) is 0.791. The van der Waals surface area contributed by atoms with Crippen molar-refractivity contribution in [3.63, 3.8) is 0 Å². The Morgan fingerprint density at radius 3 is 2.53 bits per heavy atom. The van der Waals surface area contributed by atoms with Crippen LogP contribution in [0.3, 0.4) is 0 Å². The minimum Gasteiger partial charge on any atom is -0.481 e. The maximum Gasteiger partial charge on any atom is 0.309 e. The molecule has 1 saturated carbocycles. The fourth-order valence-corrected chi connectivity index (χ4v) is 3.81. The van der Waals surface area contributed by atoms with E-state index in [4.69, 9.17) is 4.74 Å². The topological polar surface area (TPSA) is 46.5 Å². The Balaban J connectivity index is 1.86. The molecule has 3 heteroatoms. The van der Waals surface area contributed by atoms with Crippen molar-refractivity contribution in [3.8, 4) is 0 Å². The molecule has 0 radical (unpaired) electrons. The lowest BCUT2D eigenvalue weighted by atomic mass is 9.67. The molecule has 1 aliphatic carbocycles. The third-order valence-corrected chi connectivity index (χ3v) is 5.18. The molecule has 3 nitrogen and oxygen atoms in total. The van der Waals surface area contributed by atoms with Crippen molar-refractivity contribution in [2.24, 2.45) is 11.3 Å². The molecule has 0 amide bonds. The van der Waals surface area contributed by atoms with Gasteiger partial charge in [0.1, 0.15) is 0 Å². The second kappa shape index (κ2) is 6.74. The number of ether oxygens (including phenoxy) is 1. The van der Waals surface area contributed by atoms with Gasteiger partial charge in [-0.15, -0.1) is 0 Å². The van der Waals surface area contributed by atoms with Gasteiger partial charge in [0.25, 0.3) is 0 Å².